The maximum Gasteiger partial charge on any atom is 0.402 e. The molecule has 8 nitrogen and oxygen atoms in total. The van der Waals surface area contributed by atoms with Crippen LogP contribution in [0.25, 0.3) is 0 Å². The Kier molecular flexibility index (Phi) is 7.81. The average Bonchev–Trinajstić information content (AvgIpc) is 3.51. The molecule has 4 amide bonds. The lowest BCUT2D eigenvalue weighted by molar-refractivity contribution is -0.173. The first kappa shape index (κ1) is 33.3. The fourth-order valence-corrected chi connectivity index (χ4v) is 6.58. The van der Waals surface area contributed by atoms with Crippen LogP contribution in [0, 0.1) is 6.92 Å². The quantitative estimate of drug-likeness (QED) is 0.160. The van der Waals surface area contributed by atoms with Gasteiger partial charge in [-0.1, -0.05) is 29.8 Å². The van der Waals surface area contributed by atoms with E-state index in [9.17, 15) is 19.2 Å². The van der Waals surface area contributed by atoms with E-state index >= 15 is 13.2 Å². The zero-order chi connectivity index (χ0) is 36.4. The van der Waals surface area contributed by atoms with E-state index in [0.717, 1.165) is 57.5 Å². The molecule has 2 aliphatic rings. The van der Waals surface area contributed by atoms with E-state index in [4.69, 9.17) is 4.74 Å². The normalized spacial score (nSPS) is 15.2. The summed E-state index contributed by atoms with van der Waals surface area (Å²) in [5.41, 5.74) is 0.143. The molecular formula is C40H30F3N3O5. The smallest absolute Gasteiger partial charge is 0.402 e. The highest BCUT2D eigenvalue weighted by Crippen LogP contribution is 2.48. The van der Waals surface area contributed by atoms with Gasteiger partial charge in [-0.25, -0.2) is 4.90 Å². The Morgan fingerprint density at radius 3 is 1.53 bits per heavy atom. The van der Waals surface area contributed by atoms with E-state index in [1.54, 1.807) is 31.4 Å². The van der Waals surface area contributed by atoms with Crippen molar-refractivity contribution in [1.29, 1.82) is 0 Å². The van der Waals surface area contributed by atoms with E-state index in [0.29, 0.717) is 5.75 Å². The van der Waals surface area contributed by atoms with Crippen LogP contribution in [-0.2, 0) is 5.41 Å². The van der Waals surface area contributed by atoms with Crippen molar-refractivity contribution in [3.05, 3.63) is 148 Å². The van der Waals surface area contributed by atoms with E-state index in [1.807, 2.05) is 60.4 Å². The molecule has 0 aromatic heterocycles. The highest BCUT2D eigenvalue weighted by atomic mass is 19.4. The largest absolute Gasteiger partial charge is 0.497 e. The second-order valence-corrected chi connectivity index (χ2v) is 12.6. The number of benzene rings is 5. The highest BCUT2D eigenvalue weighted by molar-refractivity contribution is 6.34. The van der Waals surface area contributed by atoms with Gasteiger partial charge >= 0.3 is 6.18 Å². The Hall–Kier alpha value is -6.23. The number of hydrogen-bond acceptors (Lipinski definition) is 6. The van der Waals surface area contributed by atoms with Crippen LogP contribution in [0.2, 0.25) is 0 Å². The maximum absolute atomic E-state index is 15.0. The summed E-state index contributed by atoms with van der Waals surface area (Å²) in [7, 11) is 2.84. The number of anilines is 4. The molecule has 7 rings (SSSR count). The summed E-state index contributed by atoms with van der Waals surface area (Å²) in [4.78, 5) is 56.2. The lowest BCUT2D eigenvalue weighted by Crippen LogP contribution is -2.41. The monoisotopic (exact) mass is 689 g/mol. The average molecular weight is 690 g/mol. The summed E-state index contributed by atoms with van der Waals surface area (Å²) < 4.78 is 50.4. The van der Waals surface area contributed by atoms with Crippen molar-refractivity contribution in [1.82, 2.24) is 4.90 Å². The third-order valence-corrected chi connectivity index (χ3v) is 9.69. The van der Waals surface area contributed by atoms with Crippen molar-refractivity contribution >= 4 is 46.4 Å². The Bertz CT molecular complexity index is 2250. The van der Waals surface area contributed by atoms with E-state index in [2.05, 4.69) is 0 Å². The molecule has 2 heterocycles. The van der Waals surface area contributed by atoms with Gasteiger partial charge in [0.05, 0.1) is 35.1 Å². The SMILES string of the molecule is COc1ccc(N(c2ccc(C)cc2)c2ccc(N3C(=O)c4ccc(C(C)(c5ccc6c(c5)C(=O)N(C)C6=O)C(F)(F)F)cc4C3=O)cc2)cc1. The predicted molar refractivity (Wildman–Crippen MR) is 185 cm³/mol. The molecule has 0 spiro atoms. The standard InChI is InChI=1S/C40H30F3N3O5/c1-23-5-9-26(10-6-23)45(28-15-17-30(51-4)18-16-28)27-11-13-29(14-12-27)46-37(49)32-20-8-25(22-34(32)38(46)50)39(2,40(41,42)43)24-7-19-31-33(21-24)36(48)44(3)35(31)47/h5-22H,1-4H3. The molecule has 0 bridgehead atoms. The van der Waals surface area contributed by atoms with Crippen molar-refractivity contribution in [3.8, 4) is 5.75 Å². The Balaban J connectivity index is 1.23. The number of methoxy groups -OCH3 is 1. The van der Waals surface area contributed by atoms with Gasteiger partial charge < -0.3 is 9.64 Å². The zero-order valence-electron chi connectivity index (χ0n) is 27.9. The summed E-state index contributed by atoms with van der Waals surface area (Å²) in [6.07, 6.45) is -4.89. The van der Waals surface area contributed by atoms with E-state index in [-0.39, 0.29) is 39.1 Å². The van der Waals surface area contributed by atoms with Gasteiger partial charge in [0.15, 0.2) is 0 Å². The molecular weight excluding hydrogens is 659 g/mol. The minimum Gasteiger partial charge on any atom is -0.497 e. The number of fused-ring (bicyclic) bond motifs is 2. The summed E-state index contributed by atoms with van der Waals surface area (Å²) in [5, 5.41) is 0. The molecule has 0 fully saturated rings. The van der Waals surface area contributed by atoms with Gasteiger partial charge in [-0.05, 0) is 110 Å². The minimum absolute atomic E-state index is 0.0122. The number of carbonyl (C=O) groups excluding carboxylic acids is 4. The van der Waals surface area contributed by atoms with Gasteiger partial charge in [-0.3, -0.25) is 24.1 Å². The van der Waals surface area contributed by atoms with Gasteiger partial charge in [-0.15, -0.1) is 0 Å². The van der Waals surface area contributed by atoms with E-state index in [1.165, 1.54) is 25.2 Å². The molecule has 0 radical (unpaired) electrons. The number of alkyl halides is 3. The molecule has 256 valence electrons. The molecule has 0 N–H and O–H groups in total. The lowest BCUT2D eigenvalue weighted by Gasteiger charge is -2.33. The fraction of sp³-hybridized carbons (Fsp3) is 0.150. The third kappa shape index (κ3) is 5.24. The molecule has 0 aliphatic carbocycles. The molecule has 11 heteroatoms. The van der Waals surface area contributed by atoms with Gasteiger partial charge in [0, 0.05) is 24.1 Å². The number of rotatable bonds is 7. The minimum atomic E-state index is -4.89. The van der Waals surface area contributed by atoms with Crippen LogP contribution < -0.4 is 14.5 Å². The van der Waals surface area contributed by atoms with Crippen molar-refractivity contribution < 1.29 is 37.1 Å². The van der Waals surface area contributed by atoms with Gasteiger partial charge in [-0.2, -0.15) is 13.2 Å². The lowest BCUT2D eigenvalue weighted by atomic mass is 9.74. The number of aryl methyl sites for hydroxylation is 1. The van der Waals surface area contributed by atoms with Gasteiger partial charge in [0.1, 0.15) is 11.2 Å². The van der Waals surface area contributed by atoms with Crippen molar-refractivity contribution in [2.75, 3.05) is 24.0 Å². The number of halogens is 3. The first-order chi connectivity index (χ1) is 24.2. The molecule has 51 heavy (non-hydrogen) atoms. The summed E-state index contributed by atoms with van der Waals surface area (Å²) in [6.45, 7) is 2.93. The number of nitrogens with zero attached hydrogens (tertiary/aromatic N) is 3. The third-order valence-electron chi connectivity index (χ3n) is 9.69. The Morgan fingerprint density at radius 2 is 1.02 bits per heavy atom. The molecule has 5 aromatic carbocycles. The van der Waals surface area contributed by atoms with Crippen LogP contribution in [0.5, 0.6) is 5.75 Å². The van der Waals surface area contributed by atoms with Crippen LogP contribution in [0.15, 0.2) is 109 Å². The van der Waals surface area contributed by atoms with Crippen molar-refractivity contribution in [2.45, 2.75) is 25.4 Å². The van der Waals surface area contributed by atoms with Crippen LogP contribution in [0.3, 0.4) is 0 Å². The Labute approximate surface area is 291 Å². The topological polar surface area (TPSA) is 87.2 Å². The zero-order valence-corrected chi connectivity index (χ0v) is 27.9. The van der Waals surface area contributed by atoms with Crippen molar-refractivity contribution in [2.24, 2.45) is 0 Å². The summed E-state index contributed by atoms with van der Waals surface area (Å²) >= 11 is 0. The molecule has 0 saturated carbocycles. The second-order valence-electron chi connectivity index (χ2n) is 12.6. The Morgan fingerprint density at radius 1 is 0.588 bits per heavy atom. The maximum atomic E-state index is 15.0. The fourth-order valence-electron chi connectivity index (χ4n) is 6.58. The predicted octanol–water partition coefficient (Wildman–Crippen LogP) is 8.37. The number of ether oxygens (including phenoxy) is 1. The van der Waals surface area contributed by atoms with Gasteiger partial charge in [0.25, 0.3) is 23.6 Å². The van der Waals surface area contributed by atoms with Crippen LogP contribution in [0.1, 0.15) is 65.0 Å². The first-order valence-electron chi connectivity index (χ1n) is 15.9. The summed E-state index contributed by atoms with van der Waals surface area (Å²) in [5.74, 6) is -2.05. The highest BCUT2D eigenvalue weighted by Gasteiger charge is 2.55. The van der Waals surface area contributed by atoms with Gasteiger partial charge in [0.2, 0.25) is 0 Å². The van der Waals surface area contributed by atoms with Crippen molar-refractivity contribution in [3.63, 3.8) is 0 Å². The molecule has 1 unspecified atom stereocenters. The van der Waals surface area contributed by atoms with E-state index < -0.39 is 35.2 Å². The van der Waals surface area contributed by atoms with Crippen LogP contribution >= 0.6 is 0 Å². The van der Waals surface area contributed by atoms with Crippen LogP contribution in [0.4, 0.5) is 35.9 Å². The summed E-state index contributed by atoms with van der Waals surface area (Å²) in [6, 6.07) is 29.1. The molecule has 2 aliphatic heterocycles. The molecule has 0 saturated heterocycles. The van der Waals surface area contributed by atoms with Crippen LogP contribution in [-0.4, -0.2) is 48.9 Å². The second kappa shape index (κ2) is 12.0. The number of hydrogen-bond donors (Lipinski definition) is 0. The number of imide groups is 2. The molecule has 5 aromatic rings. The molecule has 1 atom stereocenters. The number of amides is 4. The number of carbonyl (C=O) groups is 4. The first-order valence-corrected chi connectivity index (χ1v) is 15.9.